The normalized spacial score (nSPS) is 13.2. The molecular formula is C34H42N4O8. The highest BCUT2D eigenvalue weighted by atomic mass is 16.6. The first-order valence-electron chi connectivity index (χ1n) is 15.1. The van der Waals surface area contributed by atoms with Gasteiger partial charge in [-0.15, -0.1) is 0 Å². The van der Waals surface area contributed by atoms with Crippen LogP contribution in [0.1, 0.15) is 38.3 Å². The molecule has 3 aromatic carbocycles. The molecule has 0 saturated carbocycles. The van der Waals surface area contributed by atoms with Crippen LogP contribution in [0.3, 0.4) is 0 Å². The lowest BCUT2D eigenvalue weighted by molar-refractivity contribution is -0.384. The number of nitrogens with one attached hydrogen (secondary N) is 2. The second-order valence-corrected chi connectivity index (χ2v) is 11.9. The molecule has 12 nitrogen and oxygen atoms in total. The zero-order valence-electron chi connectivity index (χ0n) is 26.3. The van der Waals surface area contributed by atoms with Crippen molar-refractivity contribution in [3.8, 4) is 0 Å². The van der Waals surface area contributed by atoms with Crippen LogP contribution in [0.15, 0.2) is 84.9 Å². The number of rotatable bonds is 15. The first-order valence-corrected chi connectivity index (χ1v) is 15.1. The van der Waals surface area contributed by atoms with E-state index < -0.39 is 46.5 Å². The van der Waals surface area contributed by atoms with E-state index in [1.54, 1.807) is 51.1 Å². The van der Waals surface area contributed by atoms with Crippen molar-refractivity contribution in [1.29, 1.82) is 0 Å². The Kier molecular flexibility index (Phi) is 13.4. The van der Waals surface area contributed by atoms with Gasteiger partial charge in [-0.2, -0.15) is 0 Å². The first kappa shape index (κ1) is 35.8. The van der Waals surface area contributed by atoms with Crippen LogP contribution in [0.4, 0.5) is 16.2 Å². The minimum Gasteiger partial charge on any atom is -0.444 e. The van der Waals surface area contributed by atoms with Crippen molar-refractivity contribution in [3.05, 3.63) is 106 Å². The van der Waals surface area contributed by atoms with Gasteiger partial charge in [-0.1, -0.05) is 60.7 Å². The molecule has 0 saturated heterocycles. The van der Waals surface area contributed by atoms with Gasteiger partial charge >= 0.3 is 6.09 Å². The Morgan fingerprint density at radius 3 is 2.07 bits per heavy atom. The van der Waals surface area contributed by atoms with Crippen LogP contribution in [0.25, 0.3) is 0 Å². The highest BCUT2D eigenvalue weighted by molar-refractivity contribution is 6.16. The van der Waals surface area contributed by atoms with E-state index in [0.717, 1.165) is 10.5 Å². The number of carbonyl (C=O) groups excluding carboxylic acids is 3. The van der Waals surface area contributed by atoms with Crippen LogP contribution in [-0.2, 0) is 27.2 Å². The Hall–Kier alpha value is -4.65. The van der Waals surface area contributed by atoms with Gasteiger partial charge in [0.1, 0.15) is 5.60 Å². The van der Waals surface area contributed by atoms with Crippen molar-refractivity contribution in [1.82, 2.24) is 10.6 Å². The predicted octanol–water partition coefficient (Wildman–Crippen LogP) is 3.78. The van der Waals surface area contributed by atoms with Crippen molar-refractivity contribution >= 4 is 29.3 Å². The van der Waals surface area contributed by atoms with E-state index in [0.29, 0.717) is 11.3 Å². The van der Waals surface area contributed by atoms with Crippen molar-refractivity contribution in [2.75, 3.05) is 24.6 Å². The number of carbonyl (C=O) groups is 3. The summed E-state index contributed by atoms with van der Waals surface area (Å²) in [5, 5.41) is 37.6. The number of nitrogens with zero attached hydrogens (tertiary/aromatic N) is 2. The molecule has 0 aliphatic carbocycles. The van der Waals surface area contributed by atoms with Gasteiger partial charge in [0.25, 0.3) is 5.69 Å². The maximum absolute atomic E-state index is 14.3. The van der Waals surface area contributed by atoms with Crippen LogP contribution >= 0.6 is 0 Å². The van der Waals surface area contributed by atoms with Gasteiger partial charge in [-0.3, -0.25) is 19.7 Å². The van der Waals surface area contributed by atoms with Crippen LogP contribution in [0.5, 0.6) is 0 Å². The van der Waals surface area contributed by atoms with Gasteiger partial charge in [0.15, 0.2) is 0 Å². The summed E-state index contributed by atoms with van der Waals surface area (Å²) in [6.45, 7) is 4.88. The van der Waals surface area contributed by atoms with Gasteiger partial charge < -0.3 is 25.6 Å². The zero-order valence-corrected chi connectivity index (χ0v) is 26.3. The predicted molar refractivity (Wildman–Crippen MR) is 173 cm³/mol. The number of anilines is 1. The van der Waals surface area contributed by atoms with Crippen molar-refractivity contribution in [2.24, 2.45) is 5.92 Å². The average Bonchev–Trinajstić information content (AvgIpc) is 3.01. The fourth-order valence-electron chi connectivity index (χ4n) is 4.88. The summed E-state index contributed by atoms with van der Waals surface area (Å²) < 4.78 is 5.45. The molecule has 0 heterocycles. The molecule has 0 radical (unpaired) electrons. The number of hydrogen-bond acceptors (Lipinski definition) is 9. The Balaban J connectivity index is 1.98. The molecule has 0 unspecified atom stereocenters. The number of non-ortho nitro benzene ring substituents is 1. The number of ether oxygens (including phenoxy) is 1. The molecule has 4 N–H and O–H groups in total. The van der Waals surface area contributed by atoms with Crippen molar-refractivity contribution in [2.45, 2.75) is 57.8 Å². The molecule has 3 rings (SSSR count). The lowest BCUT2D eigenvalue weighted by Crippen LogP contribution is -2.50. The smallest absolute Gasteiger partial charge is 0.407 e. The molecule has 46 heavy (non-hydrogen) atoms. The van der Waals surface area contributed by atoms with Crippen LogP contribution in [0.2, 0.25) is 0 Å². The summed E-state index contributed by atoms with van der Waals surface area (Å²) in [6.07, 6.45) is -1.89. The highest BCUT2D eigenvalue weighted by Gasteiger charge is 2.34. The summed E-state index contributed by atoms with van der Waals surface area (Å²) in [5.74, 6) is -2.16. The largest absolute Gasteiger partial charge is 0.444 e. The van der Waals surface area contributed by atoms with Crippen LogP contribution < -0.4 is 15.5 Å². The summed E-state index contributed by atoms with van der Waals surface area (Å²) in [4.78, 5) is 52.3. The minimum absolute atomic E-state index is 0.0407. The lowest BCUT2D eigenvalue weighted by atomic mass is 9.88. The van der Waals surface area contributed by atoms with Crippen LogP contribution in [-0.4, -0.2) is 70.5 Å². The maximum atomic E-state index is 14.3. The van der Waals surface area contributed by atoms with E-state index in [1.165, 1.54) is 24.3 Å². The molecule has 0 aromatic heterocycles. The Labute approximate surface area is 268 Å². The summed E-state index contributed by atoms with van der Waals surface area (Å²) in [5.41, 5.74) is 0.819. The van der Waals surface area contributed by atoms with Gasteiger partial charge in [-0.25, -0.2) is 9.69 Å². The number of amides is 3. The third kappa shape index (κ3) is 11.4. The quantitative estimate of drug-likeness (QED) is 0.110. The summed E-state index contributed by atoms with van der Waals surface area (Å²) in [7, 11) is 0. The molecule has 0 aliphatic rings. The number of alkyl carbamates (subject to hydrolysis) is 1. The maximum Gasteiger partial charge on any atom is 0.407 e. The van der Waals surface area contributed by atoms with E-state index in [9.17, 15) is 29.6 Å². The SMILES string of the molecule is CC(C)(C)OC(=O)N[C@@H](Cc1ccccc1)[C@@H](O)C[C@@H](Cc1ccc([N+](=O)[O-])cc1)C(=O)N(C(=O)CNCCO)c1ccccc1. The fourth-order valence-corrected chi connectivity index (χ4v) is 4.88. The summed E-state index contributed by atoms with van der Waals surface area (Å²) >= 11 is 0. The minimum atomic E-state index is -1.26. The van der Waals surface area contributed by atoms with E-state index >= 15 is 0 Å². The lowest BCUT2D eigenvalue weighted by Gasteiger charge is -2.31. The topological polar surface area (TPSA) is 171 Å². The number of nitro groups is 1. The van der Waals surface area contributed by atoms with Crippen molar-refractivity contribution < 1.29 is 34.3 Å². The first-order chi connectivity index (χ1) is 21.9. The number of nitro benzene ring substituents is 1. The van der Waals surface area contributed by atoms with E-state index in [4.69, 9.17) is 9.84 Å². The van der Waals surface area contributed by atoms with Gasteiger partial charge in [0.05, 0.1) is 35.9 Å². The number of imide groups is 1. The molecule has 0 bridgehead atoms. The second kappa shape index (κ2) is 17.2. The van der Waals surface area contributed by atoms with Gasteiger partial charge in [-0.05, 0) is 63.3 Å². The number of hydrogen-bond donors (Lipinski definition) is 4. The van der Waals surface area contributed by atoms with E-state index in [2.05, 4.69) is 10.6 Å². The number of para-hydroxylation sites is 1. The van der Waals surface area contributed by atoms with Gasteiger partial charge in [0.2, 0.25) is 11.8 Å². The molecule has 3 atom stereocenters. The summed E-state index contributed by atoms with van der Waals surface area (Å²) in [6, 6.07) is 22.4. The molecule has 3 amide bonds. The molecule has 12 heteroatoms. The standard InChI is InChI=1S/C34H42N4O8/c1-34(2,3)46-33(43)36-29(21-24-10-6-4-7-11-24)30(40)22-26(20-25-14-16-28(17-15-25)38(44)45)32(42)37(27-12-8-5-9-13-27)31(41)23-35-18-19-39/h4-17,26,29-30,35,39-40H,18-23H2,1-3H3,(H,36,43)/t26-,29+,30+/m1/s1. The van der Waals surface area contributed by atoms with Gasteiger partial charge in [0, 0.05) is 24.6 Å². The number of aliphatic hydroxyl groups is 2. The second-order valence-electron chi connectivity index (χ2n) is 11.9. The number of benzene rings is 3. The Morgan fingerprint density at radius 1 is 0.913 bits per heavy atom. The Bertz CT molecular complexity index is 1430. The third-order valence-electron chi connectivity index (χ3n) is 7.02. The van der Waals surface area contributed by atoms with Crippen molar-refractivity contribution in [3.63, 3.8) is 0 Å². The number of aliphatic hydroxyl groups excluding tert-OH is 2. The molecule has 3 aromatic rings. The highest BCUT2D eigenvalue weighted by Crippen LogP contribution is 2.25. The monoisotopic (exact) mass is 634 g/mol. The molecule has 0 spiro atoms. The molecular weight excluding hydrogens is 592 g/mol. The van der Waals surface area contributed by atoms with Crippen LogP contribution in [0, 0.1) is 16.0 Å². The fraction of sp³-hybridized carbons (Fsp3) is 0.382. The molecule has 0 fully saturated rings. The molecule has 246 valence electrons. The zero-order chi connectivity index (χ0) is 33.7. The third-order valence-corrected chi connectivity index (χ3v) is 7.02. The average molecular weight is 635 g/mol. The van der Waals surface area contributed by atoms with E-state index in [-0.39, 0.29) is 44.6 Å². The molecule has 0 aliphatic heterocycles. The van der Waals surface area contributed by atoms with E-state index in [1.807, 2.05) is 30.3 Å². The Morgan fingerprint density at radius 2 is 1.50 bits per heavy atom.